The molecule has 0 radical (unpaired) electrons. The van der Waals surface area contributed by atoms with E-state index >= 15 is 0 Å². The minimum absolute atomic E-state index is 0.272. The lowest BCUT2D eigenvalue weighted by molar-refractivity contribution is 0.140. The van der Waals surface area contributed by atoms with Crippen LogP contribution in [0.4, 0.5) is 0 Å². The Kier molecular flexibility index (Phi) is 5.68. The van der Waals surface area contributed by atoms with Gasteiger partial charge in [0.25, 0.3) is 0 Å². The molecule has 1 aliphatic rings. The predicted molar refractivity (Wildman–Crippen MR) is 112 cm³/mol. The Labute approximate surface area is 170 Å². The number of likely N-dealkylation sites (tertiary alicyclic amines) is 1. The van der Waals surface area contributed by atoms with E-state index in [1.807, 2.05) is 18.2 Å². The molecule has 1 atom stereocenters. The molecule has 0 bridgehead atoms. The topological polar surface area (TPSA) is 12.5 Å². The second-order valence-electron chi connectivity index (χ2n) is 6.81. The van der Waals surface area contributed by atoms with Crippen LogP contribution in [0.3, 0.4) is 0 Å². The molecule has 1 fully saturated rings. The van der Waals surface area contributed by atoms with Gasteiger partial charge in [0, 0.05) is 13.1 Å². The van der Waals surface area contributed by atoms with Gasteiger partial charge in [-0.2, -0.15) is 0 Å². The Hall–Kier alpha value is -2.00. The van der Waals surface area contributed by atoms with Crippen LogP contribution in [0.15, 0.2) is 72.8 Å². The summed E-state index contributed by atoms with van der Waals surface area (Å²) < 4.78 is 6.02. The molecule has 4 rings (SSSR count). The van der Waals surface area contributed by atoms with Crippen molar-refractivity contribution in [3.63, 3.8) is 0 Å². The number of halogens is 2. The van der Waals surface area contributed by atoms with Gasteiger partial charge in [-0.3, -0.25) is 4.90 Å². The van der Waals surface area contributed by atoms with Crippen LogP contribution >= 0.6 is 23.2 Å². The molecule has 1 heterocycles. The highest BCUT2D eigenvalue weighted by molar-refractivity contribution is 6.42. The van der Waals surface area contributed by atoms with Crippen LogP contribution in [0.25, 0.3) is 0 Å². The van der Waals surface area contributed by atoms with Crippen molar-refractivity contribution in [2.75, 3.05) is 13.1 Å². The Bertz CT molecular complexity index is 909. The second-order valence-corrected chi connectivity index (χ2v) is 7.63. The monoisotopic (exact) mass is 397 g/mol. The van der Waals surface area contributed by atoms with E-state index in [-0.39, 0.29) is 6.04 Å². The van der Waals surface area contributed by atoms with Crippen LogP contribution in [0.2, 0.25) is 10.0 Å². The Morgan fingerprint density at radius 3 is 2.30 bits per heavy atom. The quantitative estimate of drug-likeness (QED) is 0.479. The van der Waals surface area contributed by atoms with Crippen molar-refractivity contribution in [1.29, 1.82) is 0 Å². The maximum absolute atomic E-state index is 6.09. The third kappa shape index (κ3) is 4.30. The summed E-state index contributed by atoms with van der Waals surface area (Å²) in [5.41, 5.74) is 3.57. The van der Waals surface area contributed by atoms with Crippen molar-refractivity contribution < 1.29 is 4.74 Å². The molecule has 4 heteroatoms. The van der Waals surface area contributed by atoms with E-state index < -0.39 is 0 Å². The summed E-state index contributed by atoms with van der Waals surface area (Å²) in [6.45, 7) is 2.72. The first-order valence-electron chi connectivity index (χ1n) is 9.16. The lowest BCUT2D eigenvalue weighted by Crippen LogP contribution is -2.40. The van der Waals surface area contributed by atoms with E-state index in [1.54, 1.807) is 6.07 Å². The van der Waals surface area contributed by atoms with Crippen molar-refractivity contribution in [3.8, 4) is 5.75 Å². The van der Waals surface area contributed by atoms with Gasteiger partial charge < -0.3 is 4.74 Å². The third-order valence-corrected chi connectivity index (χ3v) is 5.67. The first kappa shape index (κ1) is 18.4. The Balaban J connectivity index is 1.54. The van der Waals surface area contributed by atoms with Crippen LogP contribution in [0.1, 0.15) is 29.2 Å². The average molecular weight is 398 g/mol. The zero-order chi connectivity index (χ0) is 18.6. The molecular weight excluding hydrogens is 377 g/mol. The zero-order valence-electron chi connectivity index (χ0n) is 14.9. The van der Waals surface area contributed by atoms with E-state index in [1.165, 1.54) is 17.5 Å². The summed E-state index contributed by atoms with van der Waals surface area (Å²) in [5, 5.41) is 1.11. The lowest BCUT2D eigenvalue weighted by Gasteiger charge is -2.39. The van der Waals surface area contributed by atoms with Gasteiger partial charge in [-0.25, -0.2) is 0 Å². The number of benzene rings is 3. The van der Waals surface area contributed by atoms with Crippen molar-refractivity contribution in [3.05, 3.63) is 99.5 Å². The molecule has 2 nitrogen and oxygen atoms in total. The summed E-state index contributed by atoms with van der Waals surface area (Å²) >= 11 is 12.1. The fourth-order valence-electron chi connectivity index (χ4n) is 3.42. The highest BCUT2D eigenvalue weighted by Gasteiger charge is 2.26. The molecule has 0 aromatic heterocycles. The number of rotatable bonds is 6. The van der Waals surface area contributed by atoms with Crippen molar-refractivity contribution in [2.24, 2.45) is 0 Å². The minimum Gasteiger partial charge on any atom is -0.489 e. The molecule has 0 spiro atoms. The molecule has 0 N–H and O–H groups in total. The predicted octanol–water partition coefficient (Wildman–Crippen LogP) is 6.37. The lowest BCUT2D eigenvalue weighted by atomic mass is 9.94. The summed E-state index contributed by atoms with van der Waals surface area (Å²) in [6.07, 6.45) is 1.26. The molecule has 1 unspecified atom stereocenters. The number of hydrogen-bond acceptors (Lipinski definition) is 2. The maximum atomic E-state index is 6.09. The van der Waals surface area contributed by atoms with Crippen molar-refractivity contribution >= 4 is 23.2 Å². The van der Waals surface area contributed by atoms with Gasteiger partial charge in [-0.05, 0) is 47.4 Å². The molecule has 0 saturated carbocycles. The van der Waals surface area contributed by atoms with Gasteiger partial charge in [0.2, 0.25) is 0 Å². The second kappa shape index (κ2) is 8.35. The van der Waals surface area contributed by atoms with Gasteiger partial charge in [0.1, 0.15) is 12.4 Å². The molecule has 27 heavy (non-hydrogen) atoms. The van der Waals surface area contributed by atoms with Crippen LogP contribution in [-0.4, -0.2) is 18.0 Å². The number of nitrogens with zero attached hydrogens (tertiary/aromatic N) is 1. The fourth-order valence-corrected chi connectivity index (χ4v) is 3.74. The number of hydrogen-bond donors (Lipinski definition) is 0. The highest BCUT2D eigenvalue weighted by atomic mass is 35.5. The minimum atomic E-state index is 0.272. The summed E-state index contributed by atoms with van der Waals surface area (Å²) in [6, 6.07) is 24.9. The van der Waals surface area contributed by atoms with E-state index in [0.717, 1.165) is 24.4 Å². The first-order valence-corrected chi connectivity index (χ1v) is 9.92. The van der Waals surface area contributed by atoms with Gasteiger partial charge >= 0.3 is 0 Å². The molecular formula is C23H21Cl2NO. The third-order valence-electron chi connectivity index (χ3n) is 4.93. The normalized spacial score (nSPS) is 15.2. The number of ether oxygens (including phenoxy) is 1. The Morgan fingerprint density at radius 2 is 1.59 bits per heavy atom. The standard InChI is InChI=1S/C23H21Cl2NO/c24-21-11-10-17(14-22(21)25)16-27-20-9-4-8-19(15-20)23(26-12-5-13-26)18-6-2-1-3-7-18/h1-4,6-11,14-15,23H,5,12-13,16H2. The summed E-state index contributed by atoms with van der Waals surface area (Å²) in [4.78, 5) is 2.51. The van der Waals surface area contributed by atoms with E-state index in [2.05, 4.69) is 53.4 Å². The van der Waals surface area contributed by atoms with Crippen LogP contribution < -0.4 is 4.74 Å². The van der Waals surface area contributed by atoms with Crippen LogP contribution in [0.5, 0.6) is 5.75 Å². The van der Waals surface area contributed by atoms with Crippen LogP contribution in [0, 0.1) is 0 Å². The first-order chi connectivity index (χ1) is 13.2. The van der Waals surface area contributed by atoms with Gasteiger partial charge in [-0.1, -0.05) is 71.7 Å². The summed E-state index contributed by atoms with van der Waals surface area (Å²) in [7, 11) is 0. The van der Waals surface area contributed by atoms with Gasteiger partial charge in [0.05, 0.1) is 16.1 Å². The SMILES string of the molecule is Clc1ccc(COc2cccc(C(c3ccccc3)N3CCC3)c2)cc1Cl. The average Bonchev–Trinajstić information content (AvgIpc) is 2.66. The molecule has 3 aromatic rings. The molecule has 1 aliphatic heterocycles. The van der Waals surface area contributed by atoms with Crippen molar-refractivity contribution in [1.82, 2.24) is 4.90 Å². The largest absolute Gasteiger partial charge is 0.489 e. The fraction of sp³-hybridized carbons (Fsp3) is 0.217. The smallest absolute Gasteiger partial charge is 0.120 e. The van der Waals surface area contributed by atoms with E-state index in [0.29, 0.717) is 16.7 Å². The van der Waals surface area contributed by atoms with Gasteiger partial charge in [-0.15, -0.1) is 0 Å². The van der Waals surface area contributed by atoms with E-state index in [9.17, 15) is 0 Å². The molecule has 1 saturated heterocycles. The highest BCUT2D eigenvalue weighted by Crippen LogP contribution is 2.33. The van der Waals surface area contributed by atoms with Crippen LogP contribution in [-0.2, 0) is 6.61 Å². The van der Waals surface area contributed by atoms with Gasteiger partial charge in [0.15, 0.2) is 0 Å². The molecule has 0 amide bonds. The zero-order valence-corrected chi connectivity index (χ0v) is 16.5. The maximum Gasteiger partial charge on any atom is 0.120 e. The Morgan fingerprint density at radius 1 is 0.815 bits per heavy atom. The van der Waals surface area contributed by atoms with Crippen molar-refractivity contribution in [2.45, 2.75) is 19.1 Å². The van der Waals surface area contributed by atoms with E-state index in [4.69, 9.17) is 27.9 Å². The molecule has 138 valence electrons. The summed E-state index contributed by atoms with van der Waals surface area (Å²) in [5.74, 6) is 0.861. The molecule has 0 aliphatic carbocycles. The molecule has 3 aromatic carbocycles.